The molecule has 3 nitrogen and oxygen atoms in total. The zero-order valence-corrected chi connectivity index (χ0v) is 11.8. The number of pyridine rings is 1. The standard InChI is InChI=1S/C14H11BrFN3/c1-8-3-2-4-12-18-13(14(17)19(8)12)9-5-6-10(15)11(16)7-9/h2-7H,17H2,1H3. The summed E-state index contributed by atoms with van der Waals surface area (Å²) in [4.78, 5) is 4.47. The fourth-order valence-electron chi connectivity index (χ4n) is 2.14. The first-order chi connectivity index (χ1) is 9.08. The van der Waals surface area contributed by atoms with E-state index in [0.29, 0.717) is 21.5 Å². The van der Waals surface area contributed by atoms with Crippen molar-refractivity contribution >= 4 is 27.4 Å². The lowest BCUT2D eigenvalue weighted by Gasteiger charge is -2.03. The molecule has 0 fully saturated rings. The van der Waals surface area contributed by atoms with Crippen molar-refractivity contribution in [3.8, 4) is 11.3 Å². The number of hydrogen-bond donors (Lipinski definition) is 1. The minimum Gasteiger partial charge on any atom is -0.383 e. The third-order valence-electron chi connectivity index (χ3n) is 3.07. The molecule has 5 heteroatoms. The Morgan fingerprint density at radius 1 is 1.26 bits per heavy atom. The van der Waals surface area contributed by atoms with Crippen LogP contribution < -0.4 is 5.73 Å². The summed E-state index contributed by atoms with van der Waals surface area (Å²) < 4.78 is 15.9. The van der Waals surface area contributed by atoms with Crippen LogP contribution >= 0.6 is 15.9 Å². The lowest BCUT2D eigenvalue weighted by molar-refractivity contribution is 0.621. The van der Waals surface area contributed by atoms with Crippen LogP contribution in [0, 0.1) is 12.7 Å². The maximum absolute atomic E-state index is 13.6. The minimum absolute atomic E-state index is 0.328. The normalized spacial score (nSPS) is 11.1. The number of rotatable bonds is 1. The van der Waals surface area contributed by atoms with E-state index in [1.165, 1.54) is 6.07 Å². The number of nitrogens with two attached hydrogens (primary N) is 1. The third-order valence-corrected chi connectivity index (χ3v) is 3.71. The topological polar surface area (TPSA) is 43.3 Å². The van der Waals surface area contributed by atoms with Gasteiger partial charge in [-0.15, -0.1) is 0 Å². The highest BCUT2D eigenvalue weighted by Crippen LogP contribution is 2.29. The van der Waals surface area contributed by atoms with Crippen molar-refractivity contribution in [2.45, 2.75) is 6.92 Å². The summed E-state index contributed by atoms with van der Waals surface area (Å²) in [5, 5.41) is 0. The average molecular weight is 320 g/mol. The van der Waals surface area contributed by atoms with Crippen molar-refractivity contribution < 1.29 is 4.39 Å². The van der Waals surface area contributed by atoms with Crippen LogP contribution in [0.3, 0.4) is 0 Å². The van der Waals surface area contributed by atoms with Gasteiger partial charge in [0.15, 0.2) is 0 Å². The molecule has 1 aromatic carbocycles. The first kappa shape index (κ1) is 12.2. The van der Waals surface area contributed by atoms with Gasteiger partial charge in [-0.05, 0) is 47.1 Å². The molecule has 2 N–H and O–H groups in total. The predicted octanol–water partition coefficient (Wildman–Crippen LogP) is 3.79. The molecule has 0 amide bonds. The van der Waals surface area contributed by atoms with E-state index in [0.717, 1.165) is 11.3 Å². The quantitative estimate of drug-likeness (QED) is 0.741. The van der Waals surface area contributed by atoms with Gasteiger partial charge in [0.2, 0.25) is 0 Å². The van der Waals surface area contributed by atoms with Gasteiger partial charge in [0, 0.05) is 11.3 Å². The van der Waals surface area contributed by atoms with Crippen molar-refractivity contribution in [1.82, 2.24) is 9.38 Å². The summed E-state index contributed by atoms with van der Waals surface area (Å²) in [6.07, 6.45) is 0. The number of anilines is 1. The van der Waals surface area contributed by atoms with E-state index in [1.807, 2.05) is 29.5 Å². The van der Waals surface area contributed by atoms with Crippen LogP contribution in [-0.2, 0) is 0 Å². The van der Waals surface area contributed by atoms with Gasteiger partial charge >= 0.3 is 0 Å². The van der Waals surface area contributed by atoms with Crippen LogP contribution in [-0.4, -0.2) is 9.38 Å². The SMILES string of the molecule is Cc1cccc2nc(-c3ccc(Br)c(F)c3)c(N)n12. The molecular weight excluding hydrogens is 309 g/mol. The minimum atomic E-state index is -0.328. The molecule has 0 aliphatic carbocycles. The maximum Gasteiger partial charge on any atom is 0.139 e. The summed E-state index contributed by atoms with van der Waals surface area (Å²) in [5.41, 5.74) is 9.14. The number of aryl methyl sites for hydroxylation is 1. The van der Waals surface area contributed by atoms with Crippen molar-refractivity contribution in [3.05, 3.63) is 52.4 Å². The molecule has 96 valence electrons. The van der Waals surface area contributed by atoms with Crippen molar-refractivity contribution in [3.63, 3.8) is 0 Å². The molecule has 0 bridgehead atoms. The summed E-state index contributed by atoms with van der Waals surface area (Å²) >= 11 is 3.13. The number of imidazole rings is 1. The number of halogens is 2. The van der Waals surface area contributed by atoms with E-state index in [4.69, 9.17) is 5.73 Å². The Bertz CT molecular complexity index is 780. The van der Waals surface area contributed by atoms with E-state index < -0.39 is 0 Å². The Hall–Kier alpha value is -1.88. The van der Waals surface area contributed by atoms with Crippen molar-refractivity contribution in [2.75, 3.05) is 5.73 Å². The van der Waals surface area contributed by atoms with E-state index in [9.17, 15) is 4.39 Å². The Labute approximate surface area is 118 Å². The first-order valence-corrected chi connectivity index (χ1v) is 6.56. The van der Waals surface area contributed by atoms with E-state index in [2.05, 4.69) is 20.9 Å². The van der Waals surface area contributed by atoms with Crippen LogP contribution in [0.1, 0.15) is 5.69 Å². The van der Waals surface area contributed by atoms with Crippen LogP contribution in [0.25, 0.3) is 16.9 Å². The highest BCUT2D eigenvalue weighted by molar-refractivity contribution is 9.10. The monoisotopic (exact) mass is 319 g/mol. The number of fused-ring (bicyclic) bond motifs is 1. The Morgan fingerprint density at radius 3 is 2.74 bits per heavy atom. The van der Waals surface area contributed by atoms with Gasteiger partial charge in [-0.25, -0.2) is 9.37 Å². The van der Waals surface area contributed by atoms with Crippen LogP contribution in [0.2, 0.25) is 0 Å². The molecule has 0 aliphatic heterocycles. The molecule has 2 heterocycles. The number of nitrogen functional groups attached to an aromatic ring is 1. The van der Waals surface area contributed by atoms with E-state index >= 15 is 0 Å². The Balaban J connectivity index is 2.28. The van der Waals surface area contributed by atoms with Crippen molar-refractivity contribution in [2.24, 2.45) is 0 Å². The van der Waals surface area contributed by atoms with Gasteiger partial charge in [0.05, 0.1) is 4.47 Å². The molecule has 2 aromatic heterocycles. The molecule has 0 spiro atoms. The summed E-state index contributed by atoms with van der Waals surface area (Å²) in [5.74, 6) is 0.195. The van der Waals surface area contributed by atoms with Crippen LogP contribution in [0.4, 0.5) is 10.2 Å². The van der Waals surface area contributed by atoms with Gasteiger partial charge < -0.3 is 5.73 Å². The molecule has 0 unspecified atom stereocenters. The molecule has 0 saturated carbocycles. The van der Waals surface area contributed by atoms with Gasteiger partial charge in [0.25, 0.3) is 0 Å². The van der Waals surface area contributed by atoms with Crippen molar-refractivity contribution in [1.29, 1.82) is 0 Å². The highest BCUT2D eigenvalue weighted by Gasteiger charge is 2.13. The number of nitrogens with zero attached hydrogens (tertiary/aromatic N) is 2. The zero-order chi connectivity index (χ0) is 13.6. The summed E-state index contributed by atoms with van der Waals surface area (Å²) in [6.45, 7) is 1.96. The molecule has 0 saturated heterocycles. The van der Waals surface area contributed by atoms with Gasteiger partial charge in [-0.3, -0.25) is 4.40 Å². The van der Waals surface area contributed by atoms with Gasteiger partial charge in [-0.1, -0.05) is 12.1 Å². The number of benzene rings is 1. The van der Waals surface area contributed by atoms with E-state index in [1.54, 1.807) is 12.1 Å². The molecule has 0 radical (unpaired) electrons. The third kappa shape index (κ3) is 1.90. The van der Waals surface area contributed by atoms with E-state index in [-0.39, 0.29) is 5.82 Å². The summed E-state index contributed by atoms with van der Waals surface area (Å²) in [7, 11) is 0. The fraction of sp³-hybridized carbons (Fsp3) is 0.0714. The second-order valence-electron chi connectivity index (χ2n) is 4.34. The number of hydrogen-bond acceptors (Lipinski definition) is 2. The highest BCUT2D eigenvalue weighted by atomic mass is 79.9. The molecule has 3 aromatic rings. The first-order valence-electron chi connectivity index (χ1n) is 5.77. The molecule has 0 atom stereocenters. The lowest BCUT2D eigenvalue weighted by Crippen LogP contribution is -1.97. The van der Waals surface area contributed by atoms with Crippen LogP contribution in [0.5, 0.6) is 0 Å². The fourth-order valence-corrected chi connectivity index (χ4v) is 2.38. The van der Waals surface area contributed by atoms with Gasteiger partial charge in [0.1, 0.15) is 23.0 Å². The maximum atomic E-state index is 13.6. The van der Waals surface area contributed by atoms with Crippen LogP contribution in [0.15, 0.2) is 40.9 Å². The smallest absolute Gasteiger partial charge is 0.139 e. The molecule has 3 rings (SSSR count). The summed E-state index contributed by atoms with van der Waals surface area (Å²) in [6, 6.07) is 10.6. The molecule has 19 heavy (non-hydrogen) atoms. The Kier molecular flexibility index (Phi) is 2.78. The molecular formula is C14H11BrFN3. The second-order valence-corrected chi connectivity index (χ2v) is 5.19. The second kappa shape index (κ2) is 4.35. The lowest BCUT2D eigenvalue weighted by atomic mass is 10.1. The predicted molar refractivity (Wildman–Crippen MR) is 77.4 cm³/mol. The van der Waals surface area contributed by atoms with Gasteiger partial charge in [-0.2, -0.15) is 0 Å². The average Bonchev–Trinajstić information content (AvgIpc) is 2.72. The largest absolute Gasteiger partial charge is 0.383 e. The zero-order valence-electron chi connectivity index (χ0n) is 10.2. The molecule has 0 aliphatic rings. The number of aromatic nitrogens is 2. The Morgan fingerprint density at radius 2 is 2.05 bits per heavy atom.